The molecule has 2 N–H and O–H groups in total. The fourth-order valence-corrected chi connectivity index (χ4v) is 4.48. The predicted molar refractivity (Wildman–Crippen MR) is 115 cm³/mol. The summed E-state index contributed by atoms with van der Waals surface area (Å²) in [6.45, 7) is 1.48. The molecule has 2 aliphatic rings. The van der Waals surface area contributed by atoms with Crippen molar-refractivity contribution in [2.24, 2.45) is 0 Å². The van der Waals surface area contributed by atoms with E-state index in [0.717, 1.165) is 44.1 Å². The summed E-state index contributed by atoms with van der Waals surface area (Å²) in [6.07, 6.45) is 3.37. The Hall–Kier alpha value is -2.77. The number of hydrogen-bond donors (Lipinski definition) is 2. The molecule has 2 amide bonds. The summed E-state index contributed by atoms with van der Waals surface area (Å²) in [5.41, 5.74) is 0.116. The largest absolute Gasteiger partial charge is 0.393 e. The Morgan fingerprint density at radius 2 is 1.87 bits per heavy atom. The van der Waals surface area contributed by atoms with E-state index in [0.29, 0.717) is 11.1 Å². The Kier molecular flexibility index (Phi) is 6.07. The van der Waals surface area contributed by atoms with Crippen LogP contribution in [0.5, 0.6) is 0 Å². The fraction of sp³-hybridized carbons (Fsp3) is 0.375. The van der Waals surface area contributed by atoms with Gasteiger partial charge in [0.1, 0.15) is 17.2 Å². The molecule has 0 spiro atoms. The van der Waals surface area contributed by atoms with Gasteiger partial charge in [0.15, 0.2) is 0 Å². The van der Waals surface area contributed by atoms with Gasteiger partial charge in [0, 0.05) is 18.2 Å². The number of carbonyl (C=O) groups is 1. The van der Waals surface area contributed by atoms with E-state index in [2.05, 4.69) is 17.3 Å². The molecule has 1 unspecified atom stereocenters. The number of rotatable bonds is 4. The summed E-state index contributed by atoms with van der Waals surface area (Å²) in [6, 6.07) is 12.1. The number of likely N-dealkylation sites (tertiary alicyclic amines) is 1. The topological polar surface area (TPSA) is 55.8 Å². The molecule has 0 aliphatic carbocycles. The standard InChI is InChI=1S/C24H27F2N3O2/c1-28-11-9-20(10-12-28)27-23(31)29-15-17(21-13-19(25)7-8-22(21)26)14-24(29,16-30)18-5-3-2-4-6-18/h2-8,13-14,20,30H,9-12,15-16H2,1H3,(H,27,31). The number of halogens is 2. The molecule has 7 heteroatoms. The van der Waals surface area contributed by atoms with Gasteiger partial charge in [-0.15, -0.1) is 0 Å². The zero-order valence-corrected chi connectivity index (χ0v) is 17.5. The van der Waals surface area contributed by atoms with Crippen molar-refractivity contribution in [3.63, 3.8) is 0 Å². The number of aliphatic hydroxyl groups is 1. The molecule has 164 valence electrons. The number of carbonyl (C=O) groups excluding carboxylic acids is 1. The molecule has 2 aromatic carbocycles. The maximum atomic E-state index is 14.5. The van der Waals surface area contributed by atoms with Gasteiger partial charge in [-0.25, -0.2) is 13.6 Å². The molecular formula is C24H27F2N3O2. The van der Waals surface area contributed by atoms with Crippen molar-refractivity contribution >= 4 is 11.6 Å². The normalized spacial score (nSPS) is 22.5. The lowest BCUT2D eigenvalue weighted by Crippen LogP contribution is -2.55. The highest BCUT2D eigenvalue weighted by Crippen LogP contribution is 2.40. The second-order valence-electron chi connectivity index (χ2n) is 8.36. The third kappa shape index (κ3) is 4.20. The fourth-order valence-electron chi connectivity index (χ4n) is 4.48. The Morgan fingerprint density at radius 1 is 1.16 bits per heavy atom. The van der Waals surface area contributed by atoms with Crippen LogP contribution in [-0.2, 0) is 5.54 Å². The van der Waals surface area contributed by atoms with E-state index >= 15 is 0 Å². The first kappa shape index (κ1) is 21.5. The average molecular weight is 427 g/mol. The van der Waals surface area contributed by atoms with Crippen LogP contribution in [0.4, 0.5) is 13.6 Å². The van der Waals surface area contributed by atoms with E-state index in [1.807, 2.05) is 30.3 Å². The van der Waals surface area contributed by atoms with Crippen molar-refractivity contribution in [3.05, 3.63) is 77.4 Å². The van der Waals surface area contributed by atoms with E-state index in [4.69, 9.17) is 0 Å². The number of piperidine rings is 1. The third-order valence-electron chi connectivity index (χ3n) is 6.30. The second-order valence-corrected chi connectivity index (χ2v) is 8.36. The molecule has 0 radical (unpaired) electrons. The summed E-state index contributed by atoms with van der Waals surface area (Å²) in [5, 5.41) is 13.6. The number of nitrogens with one attached hydrogen (secondary N) is 1. The highest BCUT2D eigenvalue weighted by Gasteiger charge is 2.45. The van der Waals surface area contributed by atoms with Crippen molar-refractivity contribution in [2.75, 3.05) is 33.3 Å². The quantitative estimate of drug-likeness (QED) is 0.787. The van der Waals surface area contributed by atoms with Crippen LogP contribution in [0.15, 0.2) is 54.6 Å². The molecule has 4 rings (SSSR count). The van der Waals surface area contributed by atoms with Crippen molar-refractivity contribution in [2.45, 2.75) is 24.4 Å². The minimum atomic E-state index is -1.16. The van der Waals surface area contributed by atoms with Crippen LogP contribution in [0.1, 0.15) is 24.0 Å². The van der Waals surface area contributed by atoms with Crippen LogP contribution in [0.2, 0.25) is 0 Å². The predicted octanol–water partition coefficient (Wildman–Crippen LogP) is 3.36. The van der Waals surface area contributed by atoms with Gasteiger partial charge in [0.2, 0.25) is 0 Å². The Balaban J connectivity index is 1.70. The van der Waals surface area contributed by atoms with Crippen LogP contribution in [0.3, 0.4) is 0 Å². The van der Waals surface area contributed by atoms with Crippen LogP contribution < -0.4 is 5.32 Å². The van der Waals surface area contributed by atoms with Crippen LogP contribution in [0, 0.1) is 11.6 Å². The van der Waals surface area contributed by atoms with Crippen molar-refractivity contribution in [1.82, 2.24) is 15.1 Å². The number of urea groups is 1. The van der Waals surface area contributed by atoms with Gasteiger partial charge in [-0.3, -0.25) is 0 Å². The number of aliphatic hydroxyl groups excluding tert-OH is 1. The molecule has 1 atom stereocenters. The van der Waals surface area contributed by atoms with E-state index in [-0.39, 0.29) is 30.8 Å². The zero-order valence-electron chi connectivity index (χ0n) is 17.5. The van der Waals surface area contributed by atoms with Gasteiger partial charge in [-0.05, 0) is 68.4 Å². The summed E-state index contributed by atoms with van der Waals surface area (Å²) in [4.78, 5) is 17.1. The lowest BCUT2D eigenvalue weighted by atomic mass is 9.89. The average Bonchev–Trinajstić information content (AvgIpc) is 3.19. The first-order valence-corrected chi connectivity index (χ1v) is 10.5. The molecule has 1 saturated heterocycles. The van der Waals surface area contributed by atoms with E-state index in [9.17, 15) is 18.7 Å². The van der Waals surface area contributed by atoms with Crippen molar-refractivity contribution in [3.8, 4) is 0 Å². The monoisotopic (exact) mass is 427 g/mol. The van der Waals surface area contributed by atoms with Crippen LogP contribution in [0.25, 0.3) is 5.57 Å². The van der Waals surface area contributed by atoms with Crippen LogP contribution in [-0.4, -0.2) is 60.3 Å². The van der Waals surface area contributed by atoms with Crippen molar-refractivity contribution in [1.29, 1.82) is 0 Å². The third-order valence-corrected chi connectivity index (χ3v) is 6.30. The van der Waals surface area contributed by atoms with E-state index < -0.39 is 17.2 Å². The molecule has 0 bridgehead atoms. The van der Waals surface area contributed by atoms with Gasteiger partial charge < -0.3 is 20.2 Å². The molecule has 2 aliphatic heterocycles. The Morgan fingerprint density at radius 3 is 2.55 bits per heavy atom. The summed E-state index contributed by atoms with van der Waals surface area (Å²) < 4.78 is 28.4. The zero-order chi connectivity index (χ0) is 22.0. The highest BCUT2D eigenvalue weighted by molar-refractivity contribution is 5.83. The lowest BCUT2D eigenvalue weighted by molar-refractivity contribution is 0.100. The van der Waals surface area contributed by atoms with Gasteiger partial charge in [-0.2, -0.15) is 0 Å². The summed E-state index contributed by atoms with van der Waals surface area (Å²) >= 11 is 0. The van der Waals surface area contributed by atoms with Gasteiger partial charge in [-0.1, -0.05) is 30.3 Å². The smallest absolute Gasteiger partial charge is 0.318 e. The molecule has 1 fully saturated rings. The SMILES string of the molecule is CN1CCC(NC(=O)N2CC(c3cc(F)ccc3F)=CC2(CO)c2ccccc2)CC1. The van der Waals surface area contributed by atoms with Gasteiger partial charge in [0.05, 0.1) is 6.61 Å². The van der Waals surface area contributed by atoms with Crippen molar-refractivity contribution < 1.29 is 18.7 Å². The summed E-state index contributed by atoms with van der Waals surface area (Å²) in [5.74, 6) is -1.12. The number of hydrogen-bond acceptors (Lipinski definition) is 3. The van der Waals surface area contributed by atoms with Gasteiger partial charge >= 0.3 is 6.03 Å². The number of nitrogens with zero attached hydrogens (tertiary/aromatic N) is 2. The maximum Gasteiger partial charge on any atom is 0.318 e. The highest BCUT2D eigenvalue weighted by atomic mass is 19.1. The van der Waals surface area contributed by atoms with Crippen LogP contribution >= 0.6 is 0 Å². The number of benzene rings is 2. The maximum absolute atomic E-state index is 14.5. The first-order valence-electron chi connectivity index (χ1n) is 10.5. The van der Waals surface area contributed by atoms with E-state index in [1.54, 1.807) is 6.08 Å². The summed E-state index contributed by atoms with van der Waals surface area (Å²) in [7, 11) is 2.05. The Bertz CT molecular complexity index is 974. The molecule has 2 aromatic rings. The minimum absolute atomic E-state index is 0.0332. The molecule has 5 nitrogen and oxygen atoms in total. The Labute approximate surface area is 181 Å². The molecular weight excluding hydrogens is 400 g/mol. The molecule has 2 heterocycles. The number of amides is 2. The second kappa shape index (κ2) is 8.77. The van der Waals surface area contributed by atoms with Gasteiger partial charge in [0.25, 0.3) is 0 Å². The lowest BCUT2D eigenvalue weighted by Gasteiger charge is -2.38. The first-order chi connectivity index (χ1) is 14.9. The molecule has 0 saturated carbocycles. The molecule has 0 aromatic heterocycles. The minimum Gasteiger partial charge on any atom is -0.393 e. The van der Waals surface area contributed by atoms with E-state index in [1.165, 1.54) is 4.90 Å². The molecule has 31 heavy (non-hydrogen) atoms.